The van der Waals surface area contributed by atoms with Crippen LogP contribution in [0.25, 0.3) is 0 Å². The van der Waals surface area contributed by atoms with E-state index in [1.54, 1.807) is 0 Å². The summed E-state index contributed by atoms with van der Waals surface area (Å²) in [5.41, 5.74) is -0.346. The molecule has 5 fully saturated rings. The van der Waals surface area contributed by atoms with Gasteiger partial charge in [-0.25, -0.2) is 0 Å². The summed E-state index contributed by atoms with van der Waals surface area (Å²) < 4.78 is 0. The second-order valence-electron chi connectivity index (χ2n) is 12.2. The van der Waals surface area contributed by atoms with Crippen LogP contribution in [0.2, 0.25) is 0 Å². The Hall–Kier alpha value is -0.120. The van der Waals surface area contributed by atoms with Crippen molar-refractivity contribution in [3.8, 4) is 0 Å². The molecule has 0 spiro atoms. The first-order valence-electron chi connectivity index (χ1n) is 12.3. The molecule has 0 aromatic heterocycles. The van der Waals surface area contributed by atoms with Crippen molar-refractivity contribution >= 4 is 0 Å². The van der Waals surface area contributed by atoms with Crippen LogP contribution in [0.15, 0.2) is 0 Å². The second kappa shape index (κ2) is 6.69. The molecule has 3 heteroatoms. The fourth-order valence-electron chi connectivity index (χ4n) is 9.50. The molecule has 0 heterocycles. The molecule has 160 valence electrons. The summed E-state index contributed by atoms with van der Waals surface area (Å²) in [6.45, 7) is 4.94. The van der Waals surface area contributed by atoms with Gasteiger partial charge in [0.05, 0.1) is 18.8 Å². The van der Waals surface area contributed by atoms with E-state index in [-0.39, 0.29) is 18.6 Å². The summed E-state index contributed by atoms with van der Waals surface area (Å²) >= 11 is 0. The monoisotopic (exact) mass is 390 g/mol. The highest BCUT2D eigenvalue weighted by atomic mass is 16.3. The Bertz CT molecular complexity index is 593. The number of hydrogen-bond donors (Lipinski definition) is 3. The Kier molecular flexibility index (Phi) is 4.73. The highest BCUT2D eigenvalue weighted by Crippen LogP contribution is 2.69. The summed E-state index contributed by atoms with van der Waals surface area (Å²) in [6.07, 6.45) is 13.5. The lowest BCUT2D eigenvalue weighted by atomic mass is 9.47. The molecule has 0 saturated heterocycles. The maximum Gasteiger partial charge on any atom is 0.0622 e. The first-order valence-corrected chi connectivity index (χ1v) is 12.3. The molecule has 0 amide bonds. The highest BCUT2D eigenvalue weighted by Gasteiger charge is 2.63. The van der Waals surface area contributed by atoms with Crippen LogP contribution in [0.1, 0.15) is 84.5 Å². The highest BCUT2D eigenvalue weighted by molar-refractivity contribution is 5.12. The van der Waals surface area contributed by atoms with E-state index >= 15 is 0 Å². The van der Waals surface area contributed by atoms with E-state index < -0.39 is 5.60 Å². The van der Waals surface area contributed by atoms with Crippen molar-refractivity contribution in [2.24, 2.45) is 52.3 Å². The molecule has 28 heavy (non-hydrogen) atoms. The van der Waals surface area contributed by atoms with E-state index in [1.165, 1.54) is 57.8 Å². The standard InChI is InChI=1S/C25H42O3/c1-23(28)11-9-18-16(13-23)3-6-20-19(18)10-12-24(2)21(20)7-8-22(24)25(14-26,15-27)17-4-5-17/h16-22,26-28H,3-15H2,1-2H3/t16-,18+,19-,20-,21+,22+,23-,24+/m1/s1. The Morgan fingerprint density at radius 1 is 0.786 bits per heavy atom. The molecule has 5 saturated carbocycles. The third kappa shape index (κ3) is 2.78. The van der Waals surface area contributed by atoms with Crippen molar-refractivity contribution in [2.45, 2.75) is 90.1 Å². The smallest absolute Gasteiger partial charge is 0.0622 e. The minimum atomic E-state index is -0.429. The number of fused-ring (bicyclic) bond motifs is 5. The van der Waals surface area contributed by atoms with Gasteiger partial charge in [-0.15, -0.1) is 0 Å². The van der Waals surface area contributed by atoms with Crippen LogP contribution >= 0.6 is 0 Å². The Morgan fingerprint density at radius 2 is 1.50 bits per heavy atom. The maximum atomic E-state index is 10.6. The molecule has 0 unspecified atom stereocenters. The van der Waals surface area contributed by atoms with Gasteiger partial charge in [-0.05, 0) is 124 Å². The van der Waals surface area contributed by atoms with Crippen molar-refractivity contribution in [1.29, 1.82) is 0 Å². The number of hydrogen-bond acceptors (Lipinski definition) is 3. The van der Waals surface area contributed by atoms with Gasteiger partial charge >= 0.3 is 0 Å². The van der Waals surface area contributed by atoms with Crippen LogP contribution in [0.4, 0.5) is 0 Å². The Balaban J connectivity index is 1.39. The molecule has 0 aromatic rings. The molecule has 0 radical (unpaired) electrons. The predicted molar refractivity (Wildman–Crippen MR) is 111 cm³/mol. The SMILES string of the molecule is C[C@@]1(O)CC[C@H]2[C@H](CC[C@@H]3[C@@H]2CC[C@]2(C)[C@@H](C(CO)(CO)C4CC4)CC[C@@H]32)C1. The molecular weight excluding hydrogens is 348 g/mol. The number of aliphatic hydroxyl groups excluding tert-OH is 2. The minimum absolute atomic E-state index is 0.176. The lowest BCUT2D eigenvalue weighted by Gasteiger charge is -2.58. The van der Waals surface area contributed by atoms with Gasteiger partial charge in [0.1, 0.15) is 0 Å². The zero-order valence-electron chi connectivity index (χ0n) is 18.1. The van der Waals surface area contributed by atoms with Crippen molar-refractivity contribution in [3.05, 3.63) is 0 Å². The van der Waals surface area contributed by atoms with Crippen LogP contribution in [-0.4, -0.2) is 34.1 Å². The zero-order valence-corrected chi connectivity index (χ0v) is 18.1. The summed E-state index contributed by atoms with van der Waals surface area (Å²) in [5.74, 6) is 5.14. The van der Waals surface area contributed by atoms with E-state index in [4.69, 9.17) is 0 Å². The van der Waals surface area contributed by atoms with Crippen molar-refractivity contribution in [3.63, 3.8) is 0 Å². The minimum Gasteiger partial charge on any atom is -0.396 e. The zero-order chi connectivity index (χ0) is 19.7. The maximum absolute atomic E-state index is 10.6. The van der Waals surface area contributed by atoms with E-state index in [2.05, 4.69) is 13.8 Å². The number of rotatable bonds is 4. The Labute approximate surface area is 171 Å². The van der Waals surface area contributed by atoms with E-state index in [0.29, 0.717) is 17.3 Å². The molecule has 5 aliphatic carbocycles. The summed E-state index contributed by atoms with van der Waals surface area (Å²) in [6, 6.07) is 0. The molecule has 3 nitrogen and oxygen atoms in total. The topological polar surface area (TPSA) is 60.7 Å². The van der Waals surface area contributed by atoms with Crippen molar-refractivity contribution in [1.82, 2.24) is 0 Å². The van der Waals surface area contributed by atoms with Gasteiger partial charge < -0.3 is 15.3 Å². The van der Waals surface area contributed by atoms with Crippen LogP contribution in [-0.2, 0) is 0 Å². The predicted octanol–water partition coefficient (Wildman–Crippen LogP) is 4.39. The molecule has 0 bridgehead atoms. The van der Waals surface area contributed by atoms with Gasteiger partial charge in [0.2, 0.25) is 0 Å². The van der Waals surface area contributed by atoms with E-state index in [0.717, 1.165) is 42.4 Å². The lowest BCUT2D eigenvalue weighted by molar-refractivity contribution is -0.124. The molecule has 8 atom stereocenters. The third-order valence-electron chi connectivity index (χ3n) is 10.9. The fourth-order valence-corrected chi connectivity index (χ4v) is 9.50. The van der Waals surface area contributed by atoms with Crippen LogP contribution < -0.4 is 0 Å². The summed E-state index contributed by atoms with van der Waals surface area (Å²) in [4.78, 5) is 0. The average molecular weight is 391 g/mol. The normalized spacial score (nSPS) is 51.3. The van der Waals surface area contributed by atoms with Crippen LogP contribution in [0.5, 0.6) is 0 Å². The summed E-state index contributed by atoms with van der Waals surface area (Å²) in [5, 5.41) is 31.4. The molecular formula is C25H42O3. The van der Waals surface area contributed by atoms with Crippen molar-refractivity contribution < 1.29 is 15.3 Å². The van der Waals surface area contributed by atoms with Gasteiger partial charge in [-0.3, -0.25) is 0 Å². The van der Waals surface area contributed by atoms with Gasteiger partial charge in [-0.2, -0.15) is 0 Å². The van der Waals surface area contributed by atoms with Crippen LogP contribution in [0, 0.1) is 52.3 Å². The quantitative estimate of drug-likeness (QED) is 0.667. The van der Waals surface area contributed by atoms with Gasteiger partial charge in [0.25, 0.3) is 0 Å². The first-order chi connectivity index (χ1) is 13.3. The molecule has 5 aliphatic rings. The van der Waals surface area contributed by atoms with Gasteiger partial charge in [0.15, 0.2) is 0 Å². The van der Waals surface area contributed by atoms with Gasteiger partial charge in [0, 0.05) is 5.41 Å². The average Bonchev–Trinajstić information content (AvgIpc) is 3.45. The lowest BCUT2D eigenvalue weighted by Crippen LogP contribution is -2.53. The molecule has 3 N–H and O–H groups in total. The number of aliphatic hydroxyl groups is 3. The van der Waals surface area contributed by atoms with E-state index in [1.807, 2.05) is 0 Å². The molecule has 0 aliphatic heterocycles. The fraction of sp³-hybridized carbons (Fsp3) is 1.00. The van der Waals surface area contributed by atoms with E-state index in [9.17, 15) is 15.3 Å². The molecule has 5 rings (SSSR count). The van der Waals surface area contributed by atoms with Gasteiger partial charge in [-0.1, -0.05) is 6.92 Å². The summed E-state index contributed by atoms with van der Waals surface area (Å²) in [7, 11) is 0. The third-order valence-corrected chi connectivity index (χ3v) is 10.9. The Morgan fingerprint density at radius 3 is 2.18 bits per heavy atom. The van der Waals surface area contributed by atoms with Crippen LogP contribution in [0.3, 0.4) is 0 Å². The largest absolute Gasteiger partial charge is 0.396 e. The molecule has 0 aromatic carbocycles. The second-order valence-corrected chi connectivity index (χ2v) is 12.2. The first kappa shape index (κ1) is 19.8. The van der Waals surface area contributed by atoms with Crippen molar-refractivity contribution in [2.75, 3.05) is 13.2 Å².